The van der Waals surface area contributed by atoms with Crippen molar-refractivity contribution in [1.29, 1.82) is 0 Å². The number of oxime groups is 1. The van der Waals surface area contributed by atoms with E-state index in [2.05, 4.69) is 10.3 Å². The molecule has 0 aliphatic rings. The van der Waals surface area contributed by atoms with E-state index in [0.29, 0.717) is 22.2 Å². The zero-order valence-corrected chi connectivity index (χ0v) is 18.4. The largest absolute Gasteiger partial charge is 0.479 e. The van der Waals surface area contributed by atoms with Crippen LogP contribution in [0.4, 0.5) is 0 Å². The van der Waals surface area contributed by atoms with Gasteiger partial charge in [-0.05, 0) is 47.6 Å². The van der Waals surface area contributed by atoms with Crippen LogP contribution >= 0.6 is 11.6 Å². The Balaban J connectivity index is 2.44. The molecule has 2 aromatic rings. The number of carboxylic acids is 1. The van der Waals surface area contributed by atoms with E-state index in [9.17, 15) is 9.90 Å². The van der Waals surface area contributed by atoms with Gasteiger partial charge in [-0.1, -0.05) is 16.8 Å². The van der Waals surface area contributed by atoms with Crippen LogP contribution in [-0.2, 0) is 16.7 Å². The number of hydrogen-bond donors (Lipinski definition) is 1. The molecule has 0 bridgehead atoms. The van der Waals surface area contributed by atoms with Crippen LogP contribution in [0.15, 0.2) is 17.3 Å². The summed E-state index contributed by atoms with van der Waals surface area (Å²) in [5.41, 5.74) is 1.68. The highest BCUT2D eigenvalue weighted by Gasteiger charge is 2.19. The summed E-state index contributed by atoms with van der Waals surface area (Å²) >= 11 is 6.40. The minimum absolute atomic E-state index is 0.247. The molecule has 9 heteroatoms. The monoisotopic (exact) mass is 423 g/mol. The number of nitrogens with zero attached hydrogens (tertiary/aromatic N) is 3. The molecule has 0 fully saturated rings. The Labute approximate surface area is 175 Å². The summed E-state index contributed by atoms with van der Waals surface area (Å²) < 4.78 is 13.1. The smallest absolute Gasteiger partial charge is 0.344 e. The number of hydrogen-bond acceptors (Lipinski definition) is 6. The van der Waals surface area contributed by atoms with Gasteiger partial charge in [0.2, 0.25) is 5.88 Å². The Bertz CT molecular complexity index is 931. The topological polar surface area (TPSA) is 95.2 Å². The molecule has 0 amide bonds. The minimum atomic E-state index is -1.10. The van der Waals surface area contributed by atoms with Crippen LogP contribution < -0.4 is 9.47 Å². The lowest BCUT2D eigenvalue weighted by Gasteiger charge is -2.17. The molecule has 1 N–H and O–H groups in total. The average Bonchev–Trinajstić information content (AvgIpc) is 2.83. The summed E-state index contributed by atoms with van der Waals surface area (Å²) in [5.74, 6) is -0.0233. The molecule has 0 unspecified atom stereocenters. The molecular formula is C20H26ClN3O5. The van der Waals surface area contributed by atoms with Gasteiger partial charge in [0.25, 0.3) is 0 Å². The number of carbonyl (C=O) groups is 1. The van der Waals surface area contributed by atoms with Crippen LogP contribution in [0.5, 0.6) is 17.4 Å². The van der Waals surface area contributed by atoms with E-state index in [1.165, 1.54) is 19.2 Å². The third kappa shape index (κ3) is 5.87. The Hall–Kier alpha value is -2.74. The van der Waals surface area contributed by atoms with E-state index in [1.54, 1.807) is 17.8 Å². The zero-order chi connectivity index (χ0) is 21.9. The fourth-order valence-electron chi connectivity index (χ4n) is 2.30. The molecule has 1 aromatic heterocycles. The zero-order valence-electron chi connectivity index (χ0n) is 17.6. The van der Waals surface area contributed by atoms with Gasteiger partial charge in [-0.2, -0.15) is 5.10 Å². The van der Waals surface area contributed by atoms with Gasteiger partial charge in [0, 0.05) is 24.2 Å². The second kappa shape index (κ2) is 8.73. The molecule has 0 spiro atoms. The van der Waals surface area contributed by atoms with Crippen LogP contribution in [0.2, 0.25) is 5.02 Å². The number of benzene rings is 1. The van der Waals surface area contributed by atoms with E-state index >= 15 is 0 Å². The maximum absolute atomic E-state index is 11.2. The van der Waals surface area contributed by atoms with E-state index in [-0.39, 0.29) is 5.75 Å². The minimum Gasteiger partial charge on any atom is -0.479 e. The molecule has 1 aromatic carbocycles. The second-order valence-electron chi connectivity index (χ2n) is 7.60. The van der Waals surface area contributed by atoms with Crippen molar-refractivity contribution >= 4 is 23.8 Å². The van der Waals surface area contributed by atoms with E-state index in [4.69, 9.17) is 25.9 Å². The first-order chi connectivity index (χ1) is 13.4. The second-order valence-corrected chi connectivity index (χ2v) is 8.01. The van der Waals surface area contributed by atoms with Crippen molar-refractivity contribution in [2.45, 2.75) is 53.2 Å². The van der Waals surface area contributed by atoms with Crippen molar-refractivity contribution in [3.8, 4) is 17.4 Å². The molecule has 1 heterocycles. The first-order valence-corrected chi connectivity index (χ1v) is 9.39. The molecule has 0 aliphatic carbocycles. The van der Waals surface area contributed by atoms with Crippen molar-refractivity contribution in [2.24, 2.45) is 12.2 Å². The lowest BCUT2D eigenvalue weighted by Crippen LogP contribution is -2.23. The molecule has 0 saturated heterocycles. The molecule has 0 radical (unpaired) electrons. The van der Waals surface area contributed by atoms with Crippen LogP contribution in [0, 0.1) is 13.8 Å². The van der Waals surface area contributed by atoms with Crippen molar-refractivity contribution in [3.05, 3.63) is 34.0 Å². The molecule has 158 valence electrons. The maximum atomic E-state index is 11.2. The molecular weight excluding hydrogens is 398 g/mol. The van der Waals surface area contributed by atoms with Crippen molar-refractivity contribution in [3.63, 3.8) is 0 Å². The molecule has 1 atom stereocenters. The van der Waals surface area contributed by atoms with E-state index in [0.717, 1.165) is 11.3 Å². The summed E-state index contributed by atoms with van der Waals surface area (Å²) in [7, 11) is 1.76. The van der Waals surface area contributed by atoms with Gasteiger partial charge in [0.05, 0.1) is 16.9 Å². The number of carboxylic acid groups (broad SMARTS) is 1. The molecule has 29 heavy (non-hydrogen) atoms. The third-order valence-corrected chi connectivity index (χ3v) is 4.19. The Morgan fingerprint density at radius 1 is 1.31 bits per heavy atom. The molecule has 0 aliphatic heterocycles. The van der Waals surface area contributed by atoms with E-state index < -0.39 is 17.7 Å². The highest BCUT2D eigenvalue weighted by atomic mass is 35.5. The quantitative estimate of drug-likeness (QED) is 0.521. The lowest BCUT2D eigenvalue weighted by molar-refractivity contribution is -0.144. The number of ether oxygens (including phenoxy) is 2. The van der Waals surface area contributed by atoms with Crippen molar-refractivity contribution in [1.82, 2.24) is 9.78 Å². The fraction of sp³-hybridized carbons (Fsp3) is 0.450. The van der Waals surface area contributed by atoms with Crippen LogP contribution in [0.3, 0.4) is 0 Å². The standard InChI is InChI=1S/C20H26ClN3O5/c1-11-12(2)23-24(7)18(11)28-17-9-16(27-13(3)19(25)26)14(8-15(17)21)10-22-29-20(4,5)6/h8-10,13H,1-7H3,(H,25,26)/b22-10+/t13-/m0/s1. The number of aromatic nitrogens is 2. The first-order valence-electron chi connectivity index (χ1n) is 9.01. The summed E-state index contributed by atoms with van der Waals surface area (Å²) in [4.78, 5) is 16.6. The van der Waals surface area contributed by atoms with Gasteiger partial charge >= 0.3 is 5.97 Å². The number of aryl methyl sites for hydroxylation is 2. The summed E-state index contributed by atoms with van der Waals surface area (Å²) in [6.07, 6.45) is 0.338. The third-order valence-electron chi connectivity index (χ3n) is 3.90. The van der Waals surface area contributed by atoms with Gasteiger partial charge in [-0.15, -0.1) is 0 Å². The van der Waals surface area contributed by atoms with Crippen molar-refractivity contribution < 1.29 is 24.2 Å². The van der Waals surface area contributed by atoms with Crippen molar-refractivity contribution in [2.75, 3.05) is 0 Å². The predicted molar refractivity (Wildman–Crippen MR) is 110 cm³/mol. The molecule has 2 rings (SSSR count). The first kappa shape index (κ1) is 22.5. The molecule has 8 nitrogen and oxygen atoms in total. The summed E-state index contributed by atoms with van der Waals surface area (Å²) in [5, 5.41) is 17.8. The van der Waals surface area contributed by atoms with Gasteiger partial charge in [0.1, 0.15) is 11.4 Å². The normalized spacial score (nSPS) is 12.8. The predicted octanol–water partition coefficient (Wildman–Crippen LogP) is 4.48. The number of rotatable bonds is 7. The van der Waals surface area contributed by atoms with Crippen LogP contribution in [-0.4, -0.2) is 38.8 Å². The highest BCUT2D eigenvalue weighted by Crippen LogP contribution is 2.37. The Morgan fingerprint density at radius 2 is 1.97 bits per heavy atom. The van der Waals surface area contributed by atoms with Gasteiger partial charge in [0.15, 0.2) is 11.9 Å². The average molecular weight is 424 g/mol. The summed E-state index contributed by atoms with van der Waals surface area (Å²) in [6, 6.07) is 3.11. The van der Waals surface area contributed by atoms with Gasteiger partial charge in [-0.3, -0.25) is 0 Å². The molecule has 0 saturated carbocycles. The maximum Gasteiger partial charge on any atom is 0.344 e. The Morgan fingerprint density at radius 3 is 2.48 bits per heavy atom. The SMILES string of the molecule is Cc1nn(C)c(Oc2cc(O[C@@H](C)C(=O)O)c(/C=N/OC(C)(C)C)cc2Cl)c1C. The van der Waals surface area contributed by atoms with Crippen LogP contribution in [0.1, 0.15) is 44.5 Å². The lowest BCUT2D eigenvalue weighted by atomic mass is 10.2. The highest BCUT2D eigenvalue weighted by molar-refractivity contribution is 6.32. The van der Waals surface area contributed by atoms with Gasteiger partial charge in [-0.25, -0.2) is 9.48 Å². The summed E-state index contributed by atoms with van der Waals surface area (Å²) in [6.45, 7) is 10.8. The van der Waals surface area contributed by atoms with Crippen LogP contribution in [0.25, 0.3) is 0 Å². The van der Waals surface area contributed by atoms with Gasteiger partial charge < -0.3 is 19.4 Å². The fourth-order valence-corrected chi connectivity index (χ4v) is 2.51. The number of aliphatic carboxylic acids is 1. The van der Waals surface area contributed by atoms with E-state index in [1.807, 2.05) is 34.6 Å². The number of halogens is 1. The Kier molecular flexibility index (Phi) is 6.79.